The molecule has 1 atom stereocenters. The molecule has 0 aliphatic rings. The molecule has 0 N–H and O–H groups in total. The second kappa shape index (κ2) is 6.36. The molecule has 0 saturated carbocycles. The molecule has 0 bridgehead atoms. The Morgan fingerprint density at radius 1 is 1.15 bits per heavy atom. The molecule has 0 saturated heterocycles. The second-order valence-corrected chi connectivity index (χ2v) is 5.99. The number of rotatable bonds is 4. The first-order valence-corrected chi connectivity index (χ1v) is 7.73. The van der Waals surface area contributed by atoms with Crippen LogP contribution >= 0.6 is 15.9 Å². The first-order chi connectivity index (χ1) is 9.54. The van der Waals surface area contributed by atoms with E-state index in [-0.39, 0.29) is 5.78 Å². The molecule has 0 spiro atoms. The molecule has 0 heterocycles. The van der Waals surface area contributed by atoms with Gasteiger partial charge in [0.2, 0.25) is 0 Å². The van der Waals surface area contributed by atoms with E-state index in [1.807, 2.05) is 37.3 Å². The lowest BCUT2D eigenvalue weighted by Crippen LogP contribution is -2.03. The van der Waals surface area contributed by atoms with E-state index < -0.39 is 0 Å². The summed E-state index contributed by atoms with van der Waals surface area (Å²) in [5, 5.41) is 0. The van der Waals surface area contributed by atoms with Crippen LogP contribution < -0.4 is 0 Å². The molecule has 0 radical (unpaired) electrons. The molecule has 0 fully saturated rings. The van der Waals surface area contributed by atoms with Gasteiger partial charge in [0.15, 0.2) is 5.78 Å². The summed E-state index contributed by atoms with van der Waals surface area (Å²) in [5.41, 5.74) is 3.82. The molecule has 1 unspecified atom stereocenters. The van der Waals surface area contributed by atoms with Crippen LogP contribution in [0.4, 0.5) is 0 Å². The Kier molecular flexibility index (Phi) is 4.77. The Morgan fingerprint density at radius 3 is 2.40 bits per heavy atom. The zero-order valence-electron chi connectivity index (χ0n) is 12.1. The monoisotopic (exact) mass is 330 g/mol. The second-order valence-electron chi connectivity index (χ2n) is 5.20. The van der Waals surface area contributed by atoms with Gasteiger partial charge in [-0.2, -0.15) is 0 Å². The average Bonchev–Trinajstić information content (AvgIpc) is 2.48. The van der Waals surface area contributed by atoms with Crippen molar-refractivity contribution in [3.05, 3.63) is 69.2 Å². The first kappa shape index (κ1) is 15.0. The summed E-state index contributed by atoms with van der Waals surface area (Å²) in [6.07, 6.45) is 1.11. The Bertz CT molecular complexity index is 614. The molecule has 20 heavy (non-hydrogen) atoms. The number of carbonyl (C=O) groups excluding carboxylic acids is 1. The summed E-state index contributed by atoms with van der Waals surface area (Å²) in [5.74, 6) is 0.598. The zero-order valence-corrected chi connectivity index (χ0v) is 13.7. The van der Waals surface area contributed by atoms with E-state index in [4.69, 9.17) is 0 Å². The fraction of sp³-hybridized carbons (Fsp3) is 0.278. The number of halogens is 1. The van der Waals surface area contributed by atoms with Crippen molar-refractivity contribution in [2.24, 2.45) is 0 Å². The van der Waals surface area contributed by atoms with E-state index in [0.717, 1.165) is 27.6 Å². The quantitative estimate of drug-likeness (QED) is 0.676. The molecule has 1 nitrogen and oxygen atoms in total. The minimum absolute atomic E-state index is 0.0660. The maximum atomic E-state index is 12.5. The van der Waals surface area contributed by atoms with E-state index in [1.54, 1.807) is 0 Å². The van der Waals surface area contributed by atoms with Crippen molar-refractivity contribution >= 4 is 21.7 Å². The van der Waals surface area contributed by atoms with Gasteiger partial charge in [0.25, 0.3) is 0 Å². The van der Waals surface area contributed by atoms with Crippen LogP contribution in [-0.2, 0) is 0 Å². The maximum Gasteiger partial charge on any atom is 0.194 e. The van der Waals surface area contributed by atoms with Crippen LogP contribution in [0.1, 0.15) is 53.2 Å². The minimum atomic E-state index is 0.0660. The third kappa shape index (κ3) is 3.01. The van der Waals surface area contributed by atoms with Crippen molar-refractivity contribution in [1.82, 2.24) is 0 Å². The van der Waals surface area contributed by atoms with E-state index in [2.05, 4.69) is 41.9 Å². The van der Waals surface area contributed by atoms with Crippen molar-refractivity contribution in [2.75, 3.05) is 0 Å². The summed E-state index contributed by atoms with van der Waals surface area (Å²) < 4.78 is 0.885. The standard InChI is InChI=1S/C18H19BrO/c1-4-12(2)14-8-10-15(11-9-14)18(20)16-7-5-6-13(3)17(16)19/h5-12H,4H2,1-3H3. The largest absolute Gasteiger partial charge is 0.289 e. The summed E-state index contributed by atoms with van der Waals surface area (Å²) in [6, 6.07) is 13.8. The Hall–Kier alpha value is -1.41. The van der Waals surface area contributed by atoms with Gasteiger partial charge in [0.1, 0.15) is 0 Å². The molecular formula is C18H19BrO. The molecule has 0 aliphatic carbocycles. The molecule has 2 aromatic carbocycles. The van der Waals surface area contributed by atoms with Crippen molar-refractivity contribution < 1.29 is 4.79 Å². The van der Waals surface area contributed by atoms with Gasteiger partial charge in [-0.25, -0.2) is 0 Å². The zero-order chi connectivity index (χ0) is 14.7. The van der Waals surface area contributed by atoms with Crippen LogP contribution in [0.3, 0.4) is 0 Å². The Balaban J connectivity index is 2.32. The van der Waals surface area contributed by atoms with Crippen molar-refractivity contribution in [3.8, 4) is 0 Å². The molecule has 2 aromatic rings. The van der Waals surface area contributed by atoms with Gasteiger partial charge in [-0.05, 0) is 52.4 Å². The van der Waals surface area contributed by atoms with Crippen molar-refractivity contribution in [2.45, 2.75) is 33.1 Å². The number of hydrogen-bond acceptors (Lipinski definition) is 1. The Morgan fingerprint density at radius 2 is 1.80 bits per heavy atom. The van der Waals surface area contributed by atoms with Gasteiger partial charge < -0.3 is 0 Å². The third-order valence-electron chi connectivity index (χ3n) is 3.79. The fourth-order valence-electron chi connectivity index (χ4n) is 2.18. The van der Waals surface area contributed by atoms with Crippen molar-refractivity contribution in [3.63, 3.8) is 0 Å². The number of aryl methyl sites for hydroxylation is 1. The molecule has 0 amide bonds. The highest BCUT2D eigenvalue weighted by atomic mass is 79.9. The minimum Gasteiger partial charge on any atom is -0.289 e. The lowest BCUT2D eigenvalue weighted by atomic mass is 9.95. The van der Waals surface area contributed by atoms with Crippen LogP contribution in [0.2, 0.25) is 0 Å². The molecule has 0 aliphatic heterocycles. The average molecular weight is 331 g/mol. The highest BCUT2D eigenvalue weighted by Gasteiger charge is 2.14. The lowest BCUT2D eigenvalue weighted by Gasteiger charge is -2.10. The lowest BCUT2D eigenvalue weighted by molar-refractivity contribution is 0.103. The first-order valence-electron chi connectivity index (χ1n) is 6.94. The van der Waals surface area contributed by atoms with Crippen LogP contribution in [0.5, 0.6) is 0 Å². The van der Waals surface area contributed by atoms with Crippen LogP contribution in [0, 0.1) is 6.92 Å². The van der Waals surface area contributed by atoms with Gasteiger partial charge in [0.05, 0.1) is 0 Å². The SMILES string of the molecule is CCC(C)c1ccc(C(=O)c2cccc(C)c2Br)cc1. The normalized spacial score (nSPS) is 12.2. The van der Waals surface area contributed by atoms with Crippen LogP contribution in [-0.4, -0.2) is 5.78 Å². The number of hydrogen-bond donors (Lipinski definition) is 0. The summed E-state index contributed by atoms with van der Waals surface area (Å²) in [6.45, 7) is 6.37. The topological polar surface area (TPSA) is 17.1 Å². The van der Waals surface area contributed by atoms with E-state index in [9.17, 15) is 4.79 Å². The van der Waals surface area contributed by atoms with Gasteiger partial charge >= 0.3 is 0 Å². The molecule has 2 rings (SSSR count). The number of benzene rings is 2. The molecule has 104 valence electrons. The Labute approximate surface area is 129 Å². The van der Waals surface area contributed by atoms with Crippen molar-refractivity contribution in [1.29, 1.82) is 0 Å². The van der Waals surface area contributed by atoms with E-state index in [0.29, 0.717) is 5.92 Å². The van der Waals surface area contributed by atoms with E-state index in [1.165, 1.54) is 5.56 Å². The van der Waals surface area contributed by atoms with E-state index >= 15 is 0 Å². The smallest absolute Gasteiger partial charge is 0.194 e. The third-order valence-corrected chi connectivity index (χ3v) is 4.84. The predicted octanol–water partition coefficient (Wildman–Crippen LogP) is 5.50. The fourth-order valence-corrected chi connectivity index (χ4v) is 2.62. The van der Waals surface area contributed by atoms with Gasteiger partial charge in [-0.3, -0.25) is 4.79 Å². The van der Waals surface area contributed by atoms with Crippen LogP contribution in [0.25, 0.3) is 0 Å². The summed E-state index contributed by atoms with van der Waals surface area (Å²) >= 11 is 3.51. The highest BCUT2D eigenvalue weighted by Crippen LogP contribution is 2.25. The van der Waals surface area contributed by atoms with Crippen LogP contribution in [0.15, 0.2) is 46.9 Å². The van der Waals surface area contributed by atoms with Gasteiger partial charge in [-0.15, -0.1) is 0 Å². The summed E-state index contributed by atoms with van der Waals surface area (Å²) in [4.78, 5) is 12.5. The molecule has 2 heteroatoms. The molecule has 0 aromatic heterocycles. The molecular weight excluding hydrogens is 312 g/mol. The van der Waals surface area contributed by atoms with Gasteiger partial charge in [0, 0.05) is 15.6 Å². The highest BCUT2D eigenvalue weighted by molar-refractivity contribution is 9.10. The predicted molar refractivity (Wildman–Crippen MR) is 87.5 cm³/mol. The number of carbonyl (C=O) groups is 1. The maximum absolute atomic E-state index is 12.5. The summed E-state index contributed by atoms with van der Waals surface area (Å²) in [7, 11) is 0. The van der Waals surface area contributed by atoms with Gasteiger partial charge in [-0.1, -0.05) is 50.2 Å². The number of ketones is 1.